The summed E-state index contributed by atoms with van der Waals surface area (Å²) >= 11 is 24.2. The SMILES string of the molecule is C.C.CN(C)[C@H]1COC[C@@H]2[C@@H]1N(C(=O)Cc1ccc(Cl)c(Cl)c1)CCN2Cc1ccccc1.CN(C)[C@H]1COC[C@H]2NCCN(C(=O)Cc3ccc(Cl)c(Cl)c3)[C@@H]21.Cl. The molecule has 4 aliphatic heterocycles. The minimum atomic E-state index is 0. The summed E-state index contributed by atoms with van der Waals surface area (Å²) in [4.78, 5) is 37.3. The van der Waals surface area contributed by atoms with Crippen molar-refractivity contribution in [3.63, 3.8) is 0 Å². The average molecular weight is 903 g/mol. The Bertz CT molecular complexity index is 1770. The minimum Gasteiger partial charge on any atom is -0.378 e. The van der Waals surface area contributed by atoms with E-state index in [1.165, 1.54) is 5.56 Å². The van der Waals surface area contributed by atoms with Crippen LogP contribution in [0.2, 0.25) is 20.1 Å². The van der Waals surface area contributed by atoms with Gasteiger partial charge in [0.2, 0.25) is 11.8 Å². The molecule has 0 unspecified atom stereocenters. The molecular formula is C43H61Cl5N6O4. The van der Waals surface area contributed by atoms with Gasteiger partial charge in [-0.15, -0.1) is 12.4 Å². The molecule has 0 aromatic heterocycles. The fourth-order valence-corrected chi connectivity index (χ4v) is 8.95. The summed E-state index contributed by atoms with van der Waals surface area (Å²) in [5.41, 5.74) is 3.05. The predicted molar refractivity (Wildman–Crippen MR) is 241 cm³/mol. The molecule has 4 saturated heterocycles. The zero-order valence-corrected chi connectivity index (χ0v) is 36.2. The Balaban J connectivity index is 0.000000304. The molecule has 322 valence electrons. The topological polar surface area (TPSA) is 80.8 Å². The highest BCUT2D eigenvalue weighted by molar-refractivity contribution is 6.42. The van der Waals surface area contributed by atoms with Crippen molar-refractivity contribution in [1.29, 1.82) is 0 Å². The van der Waals surface area contributed by atoms with Gasteiger partial charge in [-0.1, -0.05) is 104 Å². The molecule has 0 saturated carbocycles. The number of nitrogens with zero attached hydrogens (tertiary/aromatic N) is 5. The van der Waals surface area contributed by atoms with Crippen LogP contribution in [-0.2, 0) is 38.4 Å². The first kappa shape index (κ1) is 50.2. The number of likely N-dealkylation sites (N-methyl/N-ethyl adjacent to an activating group) is 2. The third-order valence-electron chi connectivity index (χ3n) is 11.2. The fraction of sp³-hybridized carbons (Fsp3) is 0.535. The van der Waals surface area contributed by atoms with E-state index in [-0.39, 0.29) is 75.3 Å². The molecule has 2 amide bonds. The lowest BCUT2D eigenvalue weighted by Crippen LogP contribution is -2.70. The van der Waals surface area contributed by atoms with Gasteiger partial charge < -0.3 is 34.4 Å². The number of benzene rings is 3. The monoisotopic (exact) mass is 900 g/mol. The summed E-state index contributed by atoms with van der Waals surface area (Å²) in [5, 5.41) is 5.46. The van der Waals surface area contributed by atoms with Crippen molar-refractivity contribution in [3.8, 4) is 0 Å². The molecule has 1 N–H and O–H groups in total. The maximum absolute atomic E-state index is 13.4. The van der Waals surface area contributed by atoms with Crippen molar-refractivity contribution in [2.24, 2.45) is 0 Å². The molecule has 0 radical (unpaired) electrons. The molecule has 0 aliphatic carbocycles. The van der Waals surface area contributed by atoms with Crippen LogP contribution >= 0.6 is 58.8 Å². The Morgan fingerprint density at radius 3 is 1.71 bits per heavy atom. The third-order valence-corrected chi connectivity index (χ3v) is 12.7. The first-order valence-corrected chi connectivity index (χ1v) is 20.4. The molecule has 15 heteroatoms. The number of piperazine rings is 2. The van der Waals surface area contributed by atoms with Crippen LogP contribution in [0.5, 0.6) is 0 Å². The van der Waals surface area contributed by atoms with Crippen molar-refractivity contribution in [3.05, 3.63) is 104 Å². The van der Waals surface area contributed by atoms with Crippen LogP contribution in [0, 0.1) is 0 Å². The number of hydrogen-bond donors (Lipinski definition) is 1. The molecule has 3 aromatic carbocycles. The number of carbonyl (C=O) groups excluding carboxylic acids is 2. The number of ether oxygens (including phenoxy) is 2. The van der Waals surface area contributed by atoms with Gasteiger partial charge in [-0.2, -0.15) is 0 Å². The molecule has 7 rings (SSSR count). The van der Waals surface area contributed by atoms with Gasteiger partial charge in [-0.3, -0.25) is 14.5 Å². The van der Waals surface area contributed by atoms with Gasteiger partial charge in [0.1, 0.15) is 0 Å². The molecule has 3 aromatic rings. The van der Waals surface area contributed by atoms with Crippen LogP contribution < -0.4 is 5.32 Å². The van der Waals surface area contributed by atoms with E-state index in [0.717, 1.165) is 30.8 Å². The second-order valence-electron chi connectivity index (χ2n) is 15.2. The van der Waals surface area contributed by atoms with E-state index in [9.17, 15) is 9.59 Å². The van der Waals surface area contributed by atoms with Gasteiger partial charge in [0.15, 0.2) is 0 Å². The number of fused-ring (bicyclic) bond motifs is 2. The van der Waals surface area contributed by atoms with Crippen LogP contribution in [0.4, 0.5) is 0 Å². The third kappa shape index (κ3) is 12.2. The zero-order valence-electron chi connectivity index (χ0n) is 32.4. The van der Waals surface area contributed by atoms with Crippen molar-refractivity contribution >= 4 is 70.6 Å². The number of carbonyl (C=O) groups is 2. The highest BCUT2D eigenvalue weighted by atomic mass is 35.5. The molecule has 58 heavy (non-hydrogen) atoms. The van der Waals surface area contributed by atoms with Gasteiger partial charge in [0.25, 0.3) is 0 Å². The second kappa shape index (κ2) is 23.1. The summed E-state index contributed by atoms with van der Waals surface area (Å²) in [6.45, 7) is 6.45. The van der Waals surface area contributed by atoms with Crippen LogP contribution in [0.1, 0.15) is 31.5 Å². The molecule has 0 bridgehead atoms. The van der Waals surface area contributed by atoms with Crippen LogP contribution in [0.15, 0.2) is 66.7 Å². The van der Waals surface area contributed by atoms with Crippen LogP contribution in [0.25, 0.3) is 0 Å². The van der Waals surface area contributed by atoms with Gasteiger partial charge in [-0.05, 0) is 69.1 Å². The minimum absolute atomic E-state index is 0. The van der Waals surface area contributed by atoms with Crippen molar-refractivity contribution in [2.75, 3.05) is 80.8 Å². The lowest BCUT2D eigenvalue weighted by molar-refractivity contribution is -0.152. The zero-order chi connectivity index (χ0) is 39.2. The molecule has 10 nitrogen and oxygen atoms in total. The van der Waals surface area contributed by atoms with E-state index in [4.69, 9.17) is 55.9 Å². The van der Waals surface area contributed by atoms with Crippen LogP contribution in [-0.4, -0.2) is 153 Å². The lowest BCUT2D eigenvalue weighted by Gasteiger charge is -2.54. The number of hydrogen-bond acceptors (Lipinski definition) is 8. The smallest absolute Gasteiger partial charge is 0.227 e. The second-order valence-corrected chi connectivity index (χ2v) is 16.9. The molecule has 4 fully saturated rings. The van der Waals surface area contributed by atoms with E-state index in [1.807, 2.05) is 37.2 Å². The van der Waals surface area contributed by atoms with Gasteiger partial charge in [-0.25, -0.2) is 0 Å². The standard InChI is InChI=1S/C24H29Cl2N3O2.C17H23Cl2N3O2.2CH4.ClH/c1-27(2)21-15-31-16-22-24(21)29(11-10-28(22)14-17-6-4-3-5-7-17)23(30)13-18-8-9-19(25)20(26)12-18;1-21(2)15-10-24-9-14-17(15)22(6-5-20-14)16(23)8-11-3-4-12(18)13(19)7-11;;;/h3-9,12,21-22,24H,10-11,13-16H2,1-2H3;3-4,7,14-15,17,20H,5-6,8-10H2,1-2H3;2*1H4;1H/t21-,22+,24+;14-,15+,17+;;;/m01.../s1. The van der Waals surface area contributed by atoms with E-state index in [1.54, 1.807) is 24.3 Å². The normalized spacial score (nSPS) is 24.2. The maximum Gasteiger partial charge on any atom is 0.227 e. The predicted octanol–water partition coefficient (Wildman–Crippen LogP) is 6.94. The van der Waals surface area contributed by atoms with Gasteiger partial charge in [0.05, 0.1) is 95.6 Å². The van der Waals surface area contributed by atoms with E-state index in [2.05, 4.69) is 63.3 Å². The Labute approximate surface area is 372 Å². The molecular weight excluding hydrogens is 842 g/mol. The van der Waals surface area contributed by atoms with Gasteiger partial charge in [0, 0.05) is 32.7 Å². The average Bonchev–Trinajstić information content (AvgIpc) is 3.17. The Kier molecular flexibility index (Phi) is 20.0. The van der Waals surface area contributed by atoms with E-state index in [0.29, 0.717) is 72.4 Å². The lowest BCUT2D eigenvalue weighted by atomic mass is 9.91. The summed E-state index contributed by atoms with van der Waals surface area (Å²) in [7, 11) is 8.20. The number of amides is 2. The molecule has 0 spiro atoms. The molecule has 4 aliphatic rings. The van der Waals surface area contributed by atoms with E-state index >= 15 is 0 Å². The highest BCUT2D eigenvalue weighted by Gasteiger charge is 2.46. The maximum atomic E-state index is 13.4. The molecule has 4 heterocycles. The number of nitrogens with one attached hydrogen (secondary N) is 1. The Hall–Kier alpha value is -2.19. The van der Waals surface area contributed by atoms with Gasteiger partial charge >= 0.3 is 0 Å². The first-order valence-electron chi connectivity index (χ1n) is 18.9. The number of halogens is 5. The van der Waals surface area contributed by atoms with Crippen molar-refractivity contribution < 1.29 is 19.1 Å². The quantitative estimate of drug-likeness (QED) is 0.261. The summed E-state index contributed by atoms with van der Waals surface area (Å²) in [5.74, 6) is 0.250. The summed E-state index contributed by atoms with van der Waals surface area (Å²) < 4.78 is 11.7. The first-order chi connectivity index (χ1) is 26.4. The fourth-order valence-electron chi connectivity index (χ4n) is 8.31. The van der Waals surface area contributed by atoms with Crippen LogP contribution in [0.3, 0.4) is 0 Å². The van der Waals surface area contributed by atoms with Crippen molar-refractivity contribution in [2.45, 2.75) is 70.5 Å². The Morgan fingerprint density at radius 1 is 0.655 bits per heavy atom. The Morgan fingerprint density at radius 2 is 1.17 bits per heavy atom. The van der Waals surface area contributed by atoms with Crippen molar-refractivity contribution in [1.82, 2.24) is 29.8 Å². The highest BCUT2D eigenvalue weighted by Crippen LogP contribution is 2.30. The largest absolute Gasteiger partial charge is 0.378 e. The summed E-state index contributed by atoms with van der Waals surface area (Å²) in [6.07, 6.45) is 0.654. The van der Waals surface area contributed by atoms with E-state index < -0.39 is 0 Å². The number of rotatable bonds is 8. The summed E-state index contributed by atoms with van der Waals surface area (Å²) in [6, 6.07) is 22.2. The molecule has 6 atom stereocenters.